The summed E-state index contributed by atoms with van der Waals surface area (Å²) in [6.07, 6.45) is 72.5. The summed E-state index contributed by atoms with van der Waals surface area (Å²) in [5, 5.41) is 0. The van der Waals surface area contributed by atoms with Crippen LogP contribution in [0.4, 0.5) is 0 Å². The van der Waals surface area contributed by atoms with Crippen LogP contribution in [0.2, 0.25) is 0 Å². The fraction of sp³-hybridized carbons (Fsp3) is 0.689. The van der Waals surface area contributed by atoms with E-state index in [0.717, 1.165) is 89.9 Å². The minimum absolute atomic E-state index is 0.106. The van der Waals surface area contributed by atoms with Gasteiger partial charge >= 0.3 is 17.9 Å². The van der Waals surface area contributed by atoms with Crippen molar-refractivity contribution in [2.45, 2.75) is 258 Å². The van der Waals surface area contributed by atoms with E-state index in [4.69, 9.17) is 14.2 Å². The molecular weight excluding hydrogens is 829 g/mol. The molecule has 1 atom stereocenters. The molecule has 0 heterocycles. The lowest BCUT2D eigenvalue weighted by Crippen LogP contribution is -2.30. The number of unbranched alkanes of at least 4 members (excludes halogenated alkanes) is 22. The maximum absolute atomic E-state index is 12.8. The van der Waals surface area contributed by atoms with Crippen molar-refractivity contribution in [1.82, 2.24) is 0 Å². The maximum atomic E-state index is 12.8. The Balaban J connectivity index is 4.51. The van der Waals surface area contributed by atoms with Crippen molar-refractivity contribution in [3.63, 3.8) is 0 Å². The van der Waals surface area contributed by atoms with Crippen molar-refractivity contribution in [1.29, 1.82) is 0 Å². The van der Waals surface area contributed by atoms with Gasteiger partial charge in [-0.2, -0.15) is 0 Å². The summed E-state index contributed by atoms with van der Waals surface area (Å²) in [5.74, 6) is -0.981. The Morgan fingerprint density at radius 1 is 0.299 bits per heavy atom. The Hall–Kier alpha value is -3.67. The predicted octanol–water partition coefficient (Wildman–Crippen LogP) is 18.5. The zero-order chi connectivity index (χ0) is 48.6. The Morgan fingerprint density at radius 2 is 0.537 bits per heavy atom. The molecule has 0 aromatic heterocycles. The van der Waals surface area contributed by atoms with Crippen LogP contribution in [0.1, 0.15) is 252 Å². The van der Waals surface area contributed by atoms with Crippen LogP contribution in [-0.2, 0) is 28.6 Å². The van der Waals surface area contributed by atoms with Crippen LogP contribution in [-0.4, -0.2) is 37.2 Å². The van der Waals surface area contributed by atoms with Gasteiger partial charge in [0.1, 0.15) is 13.2 Å². The van der Waals surface area contributed by atoms with E-state index in [-0.39, 0.29) is 37.5 Å². The molecule has 0 aliphatic carbocycles. The molecule has 0 aliphatic heterocycles. The third-order valence-corrected chi connectivity index (χ3v) is 11.5. The highest BCUT2D eigenvalue weighted by atomic mass is 16.6. The summed E-state index contributed by atoms with van der Waals surface area (Å²) in [4.78, 5) is 38.1. The number of carbonyl (C=O) groups is 3. The Kier molecular flexibility index (Phi) is 51.9. The third kappa shape index (κ3) is 53.2. The quantitative estimate of drug-likeness (QED) is 0.0262. The first-order valence-corrected chi connectivity index (χ1v) is 27.7. The highest BCUT2D eigenvalue weighted by Crippen LogP contribution is 2.13. The molecule has 0 fully saturated rings. The van der Waals surface area contributed by atoms with Gasteiger partial charge in [-0.25, -0.2) is 0 Å². The SMILES string of the molecule is CCCCC/C=C\C/C=C\C/C=C\C/C=C\CCCCCC(=O)OC[C@H](COC(=O)CCCCCCCCC/C=C\CCCCCC)OC(=O)CCCC/C=C\C/C=C\C/C=C\CCCCC. The van der Waals surface area contributed by atoms with E-state index in [9.17, 15) is 14.4 Å². The highest BCUT2D eigenvalue weighted by Gasteiger charge is 2.19. The Bertz CT molecular complexity index is 1350. The molecule has 0 bridgehead atoms. The summed E-state index contributed by atoms with van der Waals surface area (Å²) < 4.78 is 16.8. The number of carbonyl (C=O) groups excluding carboxylic acids is 3. The van der Waals surface area contributed by atoms with Crippen molar-refractivity contribution in [2.75, 3.05) is 13.2 Å². The van der Waals surface area contributed by atoms with Crippen LogP contribution in [0.5, 0.6) is 0 Å². The van der Waals surface area contributed by atoms with E-state index >= 15 is 0 Å². The van der Waals surface area contributed by atoms with Gasteiger partial charge in [0.05, 0.1) is 0 Å². The normalized spacial score (nSPS) is 12.8. The molecule has 6 nitrogen and oxygen atoms in total. The second-order valence-corrected chi connectivity index (χ2v) is 18.1. The highest BCUT2D eigenvalue weighted by molar-refractivity contribution is 5.71. The van der Waals surface area contributed by atoms with Gasteiger partial charge in [0, 0.05) is 19.3 Å². The predicted molar refractivity (Wildman–Crippen MR) is 288 cm³/mol. The number of hydrogen-bond donors (Lipinski definition) is 0. The third-order valence-electron chi connectivity index (χ3n) is 11.5. The Morgan fingerprint density at radius 3 is 0.925 bits per heavy atom. The number of esters is 3. The van der Waals surface area contributed by atoms with E-state index in [2.05, 4.69) is 118 Å². The van der Waals surface area contributed by atoms with Crippen LogP contribution >= 0.6 is 0 Å². The van der Waals surface area contributed by atoms with Crippen molar-refractivity contribution < 1.29 is 28.6 Å². The average molecular weight is 931 g/mol. The number of rotatable bonds is 49. The summed E-state index contributed by atoms with van der Waals surface area (Å²) >= 11 is 0. The smallest absolute Gasteiger partial charge is 0.306 e. The van der Waals surface area contributed by atoms with Gasteiger partial charge in [-0.3, -0.25) is 14.4 Å². The molecule has 0 N–H and O–H groups in total. The molecule has 0 spiro atoms. The molecule has 0 aliphatic rings. The minimum Gasteiger partial charge on any atom is -0.462 e. The molecule has 67 heavy (non-hydrogen) atoms. The van der Waals surface area contributed by atoms with E-state index in [1.165, 1.54) is 116 Å². The molecule has 0 amide bonds. The zero-order valence-corrected chi connectivity index (χ0v) is 43.6. The molecule has 0 rings (SSSR count). The summed E-state index contributed by atoms with van der Waals surface area (Å²) in [5.41, 5.74) is 0. The molecule has 0 saturated carbocycles. The van der Waals surface area contributed by atoms with Crippen molar-refractivity contribution >= 4 is 17.9 Å². The monoisotopic (exact) mass is 931 g/mol. The average Bonchev–Trinajstić information content (AvgIpc) is 3.33. The first kappa shape index (κ1) is 63.3. The Labute approximate surface area is 413 Å². The van der Waals surface area contributed by atoms with Crippen molar-refractivity contribution in [2.24, 2.45) is 0 Å². The fourth-order valence-corrected chi connectivity index (χ4v) is 7.31. The van der Waals surface area contributed by atoms with Gasteiger partial charge in [0.2, 0.25) is 0 Å². The minimum atomic E-state index is -0.813. The second-order valence-electron chi connectivity index (χ2n) is 18.1. The molecule has 0 unspecified atom stereocenters. The van der Waals surface area contributed by atoms with Gasteiger partial charge in [0.25, 0.3) is 0 Å². The first-order chi connectivity index (χ1) is 33.0. The molecular formula is C61H102O6. The first-order valence-electron chi connectivity index (χ1n) is 27.7. The second kappa shape index (κ2) is 54.9. The number of ether oxygens (including phenoxy) is 3. The molecule has 0 aromatic carbocycles. The molecule has 0 radical (unpaired) electrons. The molecule has 382 valence electrons. The largest absolute Gasteiger partial charge is 0.462 e. The molecule has 0 aromatic rings. The van der Waals surface area contributed by atoms with Gasteiger partial charge in [-0.1, -0.05) is 201 Å². The van der Waals surface area contributed by atoms with E-state index in [1.54, 1.807) is 0 Å². The van der Waals surface area contributed by atoms with Gasteiger partial charge in [-0.05, 0) is 128 Å². The lowest BCUT2D eigenvalue weighted by atomic mass is 10.1. The van der Waals surface area contributed by atoms with E-state index in [0.29, 0.717) is 19.3 Å². The van der Waals surface area contributed by atoms with Crippen molar-refractivity contribution in [3.05, 3.63) is 97.2 Å². The van der Waals surface area contributed by atoms with Gasteiger partial charge < -0.3 is 14.2 Å². The molecule has 0 saturated heterocycles. The van der Waals surface area contributed by atoms with Crippen LogP contribution in [0, 0.1) is 0 Å². The summed E-state index contributed by atoms with van der Waals surface area (Å²) in [7, 11) is 0. The summed E-state index contributed by atoms with van der Waals surface area (Å²) in [6, 6.07) is 0. The van der Waals surface area contributed by atoms with E-state index < -0.39 is 6.10 Å². The molecule has 6 heteroatoms. The number of allylic oxidation sites excluding steroid dienone is 16. The van der Waals surface area contributed by atoms with Crippen LogP contribution in [0.25, 0.3) is 0 Å². The van der Waals surface area contributed by atoms with E-state index in [1.807, 2.05) is 0 Å². The zero-order valence-electron chi connectivity index (χ0n) is 43.6. The number of hydrogen-bond acceptors (Lipinski definition) is 6. The fourth-order valence-electron chi connectivity index (χ4n) is 7.31. The van der Waals surface area contributed by atoms with Gasteiger partial charge in [-0.15, -0.1) is 0 Å². The standard InChI is InChI=1S/C61H102O6/c1-4-7-10-13-16-19-22-25-28-29-30-31-34-36-39-42-45-48-51-54-60(63)66-57-58(67-61(64)55-52-49-46-43-40-37-33-27-24-21-18-15-12-9-6-3)56-65-59(62)53-50-47-44-41-38-35-32-26-23-20-17-14-11-8-5-2/h16,18-21,23,25,27-28,30-31,33,36,39-40,43,58H,4-15,17,22,24,26,29,32,34-35,37-38,41-42,44-57H2,1-3H3/b19-16-,21-18-,23-20-,28-25-,31-30-,33-27-,39-36-,43-40-/t58-/m0/s1. The maximum Gasteiger partial charge on any atom is 0.306 e. The van der Waals surface area contributed by atoms with Gasteiger partial charge in [0.15, 0.2) is 6.10 Å². The lowest BCUT2D eigenvalue weighted by Gasteiger charge is -2.18. The topological polar surface area (TPSA) is 78.9 Å². The van der Waals surface area contributed by atoms with Crippen molar-refractivity contribution in [3.8, 4) is 0 Å². The van der Waals surface area contributed by atoms with Crippen LogP contribution in [0.15, 0.2) is 97.2 Å². The summed E-state index contributed by atoms with van der Waals surface area (Å²) in [6.45, 7) is 6.50. The van der Waals surface area contributed by atoms with Crippen LogP contribution in [0.3, 0.4) is 0 Å². The van der Waals surface area contributed by atoms with Crippen LogP contribution < -0.4 is 0 Å². The lowest BCUT2D eigenvalue weighted by molar-refractivity contribution is -0.167.